The third kappa shape index (κ3) is 5.55. The van der Waals surface area contributed by atoms with Crippen LogP contribution >= 0.6 is 0 Å². The van der Waals surface area contributed by atoms with Crippen LogP contribution in [0.5, 0.6) is 0 Å². The van der Waals surface area contributed by atoms with Gasteiger partial charge in [-0.25, -0.2) is 12.7 Å². The van der Waals surface area contributed by atoms with Gasteiger partial charge in [-0.15, -0.1) is 0 Å². The van der Waals surface area contributed by atoms with E-state index in [2.05, 4.69) is 0 Å². The third-order valence-corrected chi connectivity index (χ3v) is 5.75. The second-order valence-electron chi connectivity index (χ2n) is 5.83. The van der Waals surface area contributed by atoms with E-state index in [1.54, 1.807) is 0 Å². The molecule has 0 fully saturated rings. The molecule has 0 radical (unpaired) electrons. The Labute approximate surface area is 151 Å². The van der Waals surface area contributed by atoms with Crippen LogP contribution in [0.4, 0.5) is 13.2 Å². The highest BCUT2D eigenvalue weighted by atomic mass is 32.2. The van der Waals surface area contributed by atoms with Crippen LogP contribution in [0.15, 0.2) is 54.6 Å². The van der Waals surface area contributed by atoms with E-state index in [0.717, 1.165) is 15.9 Å². The van der Waals surface area contributed by atoms with Gasteiger partial charge < -0.3 is 5.73 Å². The second kappa shape index (κ2) is 8.66. The quantitative estimate of drug-likeness (QED) is 0.759. The van der Waals surface area contributed by atoms with Gasteiger partial charge in [0.05, 0.1) is 11.3 Å². The fraction of sp³-hybridized carbons (Fsp3) is 0.333. The van der Waals surface area contributed by atoms with Crippen LogP contribution in [0.25, 0.3) is 0 Å². The predicted octanol–water partition coefficient (Wildman–Crippen LogP) is 3.04. The van der Waals surface area contributed by atoms with Crippen molar-refractivity contribution in [3.63, 3.8) is 0 Å². The van der Waals surface area contributed by atoms with Crippen molar-refractivity contribution in [2.24, 2.45) is 5.73 Å². The minimum absolute atomic E-state index is 0.0589. The topological polar surface area (TPSA) is 63.4 Å². The molecule has 2 aromatic carbocycles. The monoisotopic (exact) mass is 386 g/mol. The average molecular weight is 386 g/mol. The fourth-order valence-corrected chi connectivity index (χ4v) is 4.22. The van der Waals surface area contributed by atoms with Gasteiger partial charge in [0, 0.05) is 19.6 Å². The zero-order valence-electron chi connectivity index (χ0n) is 14.1. The second-order valence-corrected chi connectivity index (χ2v) is 7.80. The van der Waals surface area contributed by atoms with E-state index in [1.165, 1.54) is 18.2 Å². The first-order valence-electron chi connectivity index (χ1n) is 8.11. The highest BCUT2D eigenvalue weighted by molar-refractivity contribution is 7.88. The van der Waals surface area contributed by atoms with E-state index >= 15 is 0 Å². The van der Waals surface area contributed by atoms with E-state index in [-0.39, 0.29) is 25.2 Å². The molecule has 0 aromatic heterocycles. The molecule has 0 atom stereocenters. The molecule has 0 aliphatic rings. The first kappa shape index (κ1) is 20.4. The maximum atomic E-state index is 13.1. The predicted molar refractivity (Wildman–Crippen MR) is 94.8 cm³/mol. The molecule has 0 bridgehead atoms. The lowest BCUT2D eigenvalue weighted by molar-refractivity contribution is -0.138. The Balaban J connectivity index is 2.20. The third-order valence-electron chi connectivity index (χ3n) is 3.93. The molecule has 2 rings (SSSR count). The molecule has 0 saturated carbocycles. The summed E-state index contributed by atoms with van der Waals surface area (Å²) in [7, 11) is -3.94. The summed E-state index contributed by atoms with van der Waals surface area (Å²) in [5.74, 6) is -0.711. The van der Waals surface area contributed by atoms with E-state index in [9.17, 15) is 21.6 Å². The van der Waals surface area contributed by atoms with Gasteiger partial charge in [-0.3, -0.25) is 0 Å². The molecule has 0 unspecified atom stereocenters. The molecule has 0 aliphatic heterocycles. The molecule has 0 saturated heterocycles. The van der Waals surface area contributed by atoms with Gasteiger partial charge in [0.15, 0.2) is 0 Å². The molecular formula is C18H21F3N2O2S. The smallest absolute Gasteiger partial charge is 0.329 e. The van der Waals surface area contributed by atoms with Crippen molar-refractivity contribution in [3.8, 4) is 0 Å². The molecule has 26 heavy (non-hydrogen) atoms. The number of sulfonamides is 1. The zero-order chi connectivity index (χ0) is 19.2. The van der Waals surface area contributed by atoms with Crippen molar-refractivity contribution >= 4 is 10.0 Å². The molecular weight excluding hydrogens is 365 g/mol. The number of halogens is 3. The number of alkyl halides is 3. The molecule has 2 aromatic rings. The van der Waals surface area contributed by atoms with E-state index < -0.39 is 27.5 Å². The van der Waals surface area contributed by atoms with Gasteiger partial charge >= 0.3 is 6.18 Å². The summed E-state index contributed by atoms with van der Waals surface area (Å²) in [6, 6.07) is 14.0. The lowest BCUT2D eigenvalue weighted by Gasteiger charge is -2.22. The van der Waals surface area contributed by atoms with Gasteiger partial charge in [0.25, 0.3) is 0 Å². The van der Waals surface area contributed by atoms with E-state index in [0.29, 0.717) is 6.42 Å². The highest BCUT2D eigenvalue weighted by Crippen LogP contribution is 2.32. The van der Waals surface area contributed by atoms with Gasteiger partial charge in [-0.05, 0) is 23.6 Å². The molecule has 0 amide bonds. The number of nitrogens with zero attached hydrogens (tertiary/aromatic N) is 1. The van der Waals surface area contributed by atoms with Crippen LogP contribution in [-0.2, 0) is 28.4 Å². The number of rotatable bonds is 8. The molecule has 4 nitrogen and oxygen atoms in total. The standard InChI is InChI=1S/C18H21F3N2O2S/c19-18(20,21)17-9-5-4-8-16(17)14-26(24,25)23(13-11-22)12-10-15-6-2-1-3-7-15/h1-9H,10-14,22H2. The molecule has 142 valence electrons. The van der Waals surface area contributed by atoms with Gasteiger partial charge in [-0.1, -0.05) is 48.5 Å². The largest absolute Gasteiger partial charge is 0.416 e. The molecule has 2 N–H and O–H groups in total. The minimum Gasteiger partial charge on any atom is -0.329 e. The van der Waals surface area contributed by atoms with Crippen molar-refractivity contribution in [1.82, 2.24) is 4.31 Å². The Hall–Kier alpha value is -1.90. The minimum atomic E-state index is -4.60. The lowest BCUT2D eigenvalue weighted by Crippen LogP contribution is -2.38. The first-order chi connectivity index (χ1) is 12.2. The summed E-state index contributed by atoms with van der Waals surface area (Å²) in [4.78, 5) is 0. The van der Waals surface area contributed by atoms with Crippen molar-refractivity contribution in [2.45, 2.75) is 18.3 Å². The number of hydrogen-bond donors (Lipinski definition) is 1. The average Bonchev–Trinajstić information content (AvgIpc) is 2.58. The Morgan fingerprint density at radius 1 is 0.923 bits per heavy atom. The van der Waals surface area contributed by atoms with Gasteiger partial charge in [0.1, 0.15) is 0 Å². The van der Waals surface area contributed by atoms with Crippen molar-refractivity contribution in [3.05, 3.63) is 71.3 Å². The number of hydrogen-bond acceptors (Lipinski definition) is 3. The maximum absolute atomic E-state index is 13.1. The first-order valence-corrected chi connectivity index (χ1v) is 9.72. The Bertz CT molecular complexity index is 809. The zero-order valence-corrected chi connectivity index (χ0v) is 14.9. The van der Waals surface area contributed by atoms with Crippen LogP contribution in [0.3, 0.4) is 0 Å². The van der Waals surface area contributed by atoms with Gasteiger partial charge in [0.2, 0.25) is 10.0 Å². The van der Waals surface area contributed by atoms with Crippen LogP contribution < -0.4 is 5.73 Å². The Morgan fingerprint density at radius 2 is 1.54 bits per heavy atom. The molecule has 0 heterocycles. The number of benzene rings is 2. The molecule has 0 aliphatic carbocycles. The van der Waals surface area contributed by atoms with Crippen molar-refractivity contribution in [1.29, 1.82) is 0 Å². The van der Waals surface area contributed by atoms with Gasteiger partial charge in [-0.2, -0.15) is 13.2 Å². The molecule has 8 heteroatoms. The summed E-state index contributed by atoms with van der Waals surface area (Å²) >= 11 is 0. The van der Waals surface area contributed by atoms with Crippen LogP contribution in [0.2, 0.25) is 0 Å². The maximum Gasteiger partial charge on any atom is 0.416 e. The summed E-state index contributed by atoms with van der Waals surface area (Å²) in [6.07, 6.45) is -4.14. The van der Waals surface area contributed by atoms with Crippen LogP contribution in [0.1, 0.15) is 16.7 Å². The highest BCUT2D eigenvalue weighted by Gasteiger charge is 2.34. The van der Waals surface area contributed by atoms with E-state index in [1.807, 2.05) is 30.3 Å². The molecule has 0 spiro atoms. The van der Waals surface area contributed by atoms with Crippen molar-refractivity contribution in [2.75, 3.05) is 19.6 Å². The summed E-state index contributed by atoms with van der Waals surface area (Å²) in [5.41, 5.74) is 5.25. The number of nitrogens with two attached hydrogens (primary N) is 1. The lowest BCUT2D eigenvalue weighted by atomic mass is 10.1. The SMILES string of the molecule is NCCN(CCc1ccccc1)S(=O)(=O)Cc1ccccc1C(F)(F)F. The van der Waals surface area contributed by atoms with E-state index in [4.69, 9.17) is 5.73 Å². The van der Waals surface area contributed by atoms with Crippen LogP contribution in [-0.4, -0.2) is 32.4 Å². The Kier molecular flexibility index (Phi) is 6.80. The normalized spacial score (nSPS) is 12.5. The summed E-state index contributed by atoms with van der Waals surface area (Å²) in [6.45, 7) is 0.315. The van der Waals surface area contributed by atoms with Crippen LogP contribution in [0, 0.1) is 0 Å². The summed E-state index contributed by atoms with van der Waals surface area (Å²) < 4.78 is 65.9. The Morgan fingerprint density at radius 3 is 2.15 bits per heavy atom. The fourth-order valence-electron chi connectivity index (χ4n) is 2.64. The van der Waals surface area contributed by atoms with Crippen molar-refractivity contribution < 1.29 is 21.6 Å². The summed E-state index contributed by atoms with van der Waals surface area (Å²) in [5, 5.41) is 0.